The van der Waals surface area contributed by atoms with Crippen molar-refractivity contribution in [2.24, 2.45) is 0 Å². The molecule has 0 bridgehead atoms. The molecule has 0 aliphatic carbocycles. The van der Waals surface area contributed by atoms with Crippen molar-refractivity contribution in [2.45, 2.75) is 25.2 Å². The minimum absolute atomic E-state index is 0.00151. The van der Waals surface area contributed by atoms with Crippen molar-refractivity contribution in [3.05, 3.63) is 117 Å². The highest BCUT2D eigenvalue weighted by Crippen LogP contribution is 2.36. The molecule has 2 atom stereocenters. The Morgan fingerprint density at radius 2 is 0.952 bits per heavy atom. The summed E-state index contributed by atoms with van der Waals surface area (Å²) in [4.78, 5) is 24.9. The van der Waals surface area contributed by atoms with E-state index in [4.69, 9.17) is 77.5 Å². The van der Waals surface area contributed by atoms with Crippen LogP contribution in [0.4, 0.5) is 23.0 Å². The van der Waals surface area contributed by atoms with Crippen LogP contribution in [-0.4, -0.2) is 114 Å². The minimum Gasteiger partial charge on any atom is -0.495 e. The van der Waals surface area contributed by atoms with E-state index in [-0.39, 0.29) is 30.5 Å². The first-order valence-electron chi connectivity index (χ1n) is 20.4. The zero-order chi connectivity index (χ0) is 43.5. The molecule has 4 N–H and O–H groups in total. The number of ether oxygens (including phenoxy) is 2. The molecule has 324 valence electrons. The highest BCUT2D eigenvalue weighted by atomic mass is 35.5. The monoisotopic (exact) mass is 916 g/mol. The first kappa shape index (κ1) is 43.5. The van der Waals surface area contributed by atoms with E-state index in [1.165, 1.54) is 0 Å². The molecule has 2 aliphatic heterocycles. The van der Waals surface area contributed by atoms with Gasteiger partial charge in [0.25, 0.3) is 0 Å². The van der Waals surface area contributed by atoms with E-state index in [0.29, 0.717) is 95.3 Å². The Morgan fingerprint density at radius 3 is 1.31 bits per heavy atom. The molecule has 2 saturated heterocycles. The molecule has 0 radical (unpaired) electrons. The second-order valence-corrected chi connectivity index (χ2v) is 16.9. The zero-order valence-electron chi connectivity index (χ0n) is 34.4. The van der Waals surface area contributed by atoms with E-state index in [9.17, 15) is 0 Å². The minimum atomic E-state index is -0.651. The SMILES string of the molecule is COc1cc(N2CCN(C(Cn3nc(N)c(Cl)c3-c3ccccc3)C(=O)C(Cn3nc(N)c(Cl)c3-c3ccccc3)N3CCN(c4ccc(Cl)c(OC)c4)CC3)CC2)ccc1Cl. The summed E-state index contributed by atoms with van der Waals surface area (Å²) in [5.74, 6) is 1.60. The molecule has 62 heavy (non-hydrogen) atoms. The van der Waals surface area contributed by atoms with Gasteiger partial charge in [-0.25, -0.2) is 0 Å². The number of Topliss-reactive ketones (excluding diaryl/α,β-unsaturated/α-hetero) is 1. The van der Waals surface area contributed by atoms with Crippen molar-refractivity contribution < 1.29 is 14.3 Å². The summed E-state index contributed by atoms with van der Waals surface area (Å²) >= 11 is 26.6. The fraction of sp³-hybridized carbons (Fsp3) is 0.311. The molecule has 6 aromatic rings. The normalized spacial score (nSPS) is 16.0. The smallest absolute Gasteiger partial charge is 0.170 e. The quantitative estimate of drug-likeness (QED) is 0.111. The van der Waals surface area contributed by atoms with Crippen molar-refractivity contribution in [1.29, 1.82) is 0 Å². The standard InChI is InChI=1S/C45H48Cl4N10O3/c1-61-37-25-31(13-15-33(37)46)54-17-21-56(22-18-54)35(27-58-41(39(48)44(50)52-58)29-9-5-3-6-10-29)43(60)36(28-59-42(40(49)45(51)53-59)30-11-7-4-8-12-30)57-23-19-55(20-24-57)32-14-16-34(47)38(26-32)62-2/h3-16,25-26,35-36H,17-24,27-28H2,1-2H3,(H2,50,52)(H2,51,53). The molecule has 8 rings (SSSR count). The molecule has 0 spiro atoms. The Bertz CT molecular complexity index is 2330. The molecule has 4 heterocycles. The highest BCUT2D eigenvalue weighted by molar-refractivity contribution is 6.36. The van der Waals surface area contributed by atoms with Gasteiger partial charge in [-0.05, 0) is 24.3 Å². The van der Waals surface area contributed by atoms with Crippen LogP contribution in [0.3, 0.4) is 0 Å². The summed E-state index contributed by atoms with van der Waals surface area (Å²) in [6.07, 6.45) is 0. The molecular weight excluding hydrogens is 870 g/mol. The summed E-state index contributed by atoms with van der Waals surface area (Å²) in [7, 11) is 3.22. The number of aromatic nitrogens is 4. The molecule has 0 amide bonds. The lowest BCUT2D eigenvalue weighted by molar-refractivity contribution is -0.131. The maximum Gasteiger partial charge on any atom is 0.170 e. The van der Waals surface area contributed by atoms with Gasteiger partial charge < -0.3 is 30.7 Å². The maximum atomic E-state index is 15.9. The number of ketones is 1. The van der Waals surface area contributed by atoms with Crippen molar-refractivity contribution in [2.75, 3.05) is 87.8 Å². The molecular formula is C45H48Cl4N10O3. The average molecular weight is 919 g/mol. The van der Waals surface area contributed by atoms with Crippen LogP contribution in [0.2, 0.25) is 20.1 Å². The second-order valence-electron chi connectivity index (χ2n) is 15.3. The van der Waals surface area contributed by atoms with Crippen LogP contribution in [0.15, 0.2) is 97.1 Å². The molecule has 2 unspecified atom stereocenters. The van der Waals surface area contributed by atoms with Crippen LogP contribution in [-0.2, 0) is 17.9 Å². The van der Waals surface area contributed by atoms with Gasteiger partial charge in [-0.2, -0.15) is 10.2 Å². The van der Waals surface area contributed by atoms with Crippen LogP contribution in [0.25, 0.3) is 22.5 Å². The van der Waals surface area contributed by atoms with Gasteiger partial charge in [0.1, 0.15) is 21.5 Å². The number of carbonyl (C=O) groups excluding carboxylic acids is 1. The Hall–Kier alpha value is -5.15. The Balaban J connectivity index is 1.16. The van der Waals surface area contributed by atoms with Gasteiger partial charge in [0, 0.05) is 87.0 Å². The molecule has 2 aromatic heterocycles. The summed E-state index contributed by atoms with van der Waals surface area (Å²) in [6.45, 7) is 5.34. The number of halogens is 4. The van der Waals surface area contributed by atoms with Crippen LogP contribution in [0.5, 0.6) is 11.5 Å². The Kier molecular flexibility index (Phi) is 13.4. The third-order valence-electron chi connectivity index (χ3n) is 11.8. The third-order valence-corrected chi connectivity index (χ3v) is 13.2. The fourth-order valence-corrected chi connectivity index (χ4v) is 9.40. The first-order valence-corrected chi connectivity index (χ1v) is 21.9. The number of benzene rings is 4. The van der Waals surface area contributed by atoms with Gasteiger partial charge in [0.05, 0.1) is 60.8 Å². The number of rotatable bonds is 14. The molecule has 13 nitrogen and oxygen atoms in total. The summed E-state index contributed by atoms with van der Waals surface area (Å²) in [6, 6.07) is 29.7. The Morgan fingerprint density at radius 1 is 0.581 bits per heavy atom. The average Bonchev–Trinajstić information content (AvgIpc) is 3.75. The molecule has 0 saturated carbocycles. The highest BCUT2D eigenvalue weighted by Gasteiger charge is 2.40. The fourth-order valence-electron chi connectivity index (χ4n) is 8.52. The predicted octanol–water partition coefficient (Wildman–Crippen LogP) is 7.86. The van der Waals surface area contributed by atoms with Crippen molar-refractivity contribution in [1.82, 2.24) is 29.4 Å². The number of carbonyl (C=O) groups is 1. The molecule has 4 aromatic carbocycles. The number of hydrogen-bond acceptors (Lipinski definition) is 11. The number of nitrogens with zero attached hydrogens (tertiary/aromatic N) is 8. The second kappa shape index (κ2) is 19.1. The van der Waals surface area contributed by atoms with E-state index in [1.54, 1.807) is 23.6 Å². The lowest BCUT2D eigenvalue weighted by Gasteiger charge is -2.43. The first-order chi connectivity index (χ1) is 30.0. The van der Waals surface area contributed by atoms with Crippen LogP contribution < -0.4 is 30.7 Å². The van der Waals surface area contributed by atoms with Crippen LogP contribution >= 0.6 is 46.4 Å². The number of nitrogen functional groups attached to an aromatic ring is 2. The van der Waals surface area contributed by atoms with E-state index in [0.717, 1.165) is 22.5 Å². The number of methoxy groups -OCH3 is 2. The lowest BCUT2D eigenvalue weighted by Crippen LogP contribution is -2.61. The lowest BCUT2D eigenvalue weighted by atomic mass is 9.99. The summed E-state index contributed by atoms with van der Waals surface area (Å²) in [5.41, 5.74) is 17.8. The number of nitrogens with two attached hydrogens (primary N) is 2. The van der Waals surface area contributed by atoms with E-state index < -0.39 is 12.1 Å². The van der Waals surface area contributed by atoms with Gasteiger partial charge >= 0.3 is 0 Å². The van der Waals surface area contributed by atoms with Gasteiger partial charge in [0.15, 0.2) is 17.4 Å². The van der Waals surface area contributed by atoms with E-state index >= 15 is 4.79 Å². The van der Waals surface area contributed by atoms with Crippen LogP contribution in [0, 0.1) is 0 Å². The Labute approximate surface area is 381 Å². The molecule has 17 heteroatoms. The number of anilines is 4. The largest absolute Gasteiger partial charge is 0.495 e. The number of piperazine rings is 2. The van der Waals surface area contributed by atoms with E-state index in [2.05, 4.69) is 19.6 Å². The van der Waals surface area contributed by atoms with Gasteiger partial charge in [-0.3, -0.25) is 24.0 Å². The zero-order valence-corrected chi connectivity index (χ0v) is 37.5. The summed E-state index contributed by atoms with van der Waals surface area (Å²) in [5, 5.41) is 11.2. The van der Waals surface area contributed by atoms with E-state index in [1.807, 2.05) is 97.1 Å². The van der Waals surface area contributed by atoms with Crippen LogP contribution in [0.1, 0.15) is 0 Å². The topological polar surface area (TPSA) is 136 Å². The summed E-state index contributed by atoms with van der Waals surface area (Å²) < 4.78 is 14.6. The molecule has 2 fully saturated rings. The van der Waals surface area contributed by atoms with Crippen molar-refractivity contribution in [3.8, 4) is 34.0 Å². The van der Waals surface area contributed by atoms with Crippen molar-refractivity contribution in [3.63, 3.8) is 0 Å². The van der Waals surface area contributed by atoms with Gasteiger partial charge in [-0.15, -0.1) is 0 Å². The van der Waals surface area contributed by atoms with Gasteiger partial charge in [0.2, 0.25) is 0 Å². The van der Waals surface area contributed by atoms with Gasteiger partial charge in [-0.1, -0.05) is 107 Å². The predicted molar refractivity (Wildman–Crippen MR) is 250 cm³/mol. The van der Waals surface area contributed by atoms with Crippen molar-refractivity contribution >= 4 is 75.2 Å². The third kappa shape index (κ3) is 9.01. The molecule has 2 aliphatic rings. The number of hydrogen-bond donors (Lipinski definition) is 2. The maximum absolute atomic E-state index is 15.9.